The van der Waals surface area contributed by atoms with Crippen LogP contribution in [0.4, 0.5) is 11.4 Å². The lowest BCUT2D eigenvalue weighted by atomic mass is 9.78. The molecule has 4 aromatic carbocycles. The molecule has 2 heterocycles. The van der Waals surface area contributed by atoms with Crippen molar-refractivity contribution in [1.82, 2.24) is 0 Å². The summed E-state index contributed by atoms with van der Waals surface area (Å²) in [5.41, 5.74) is 9.33. The summed E-state index contributed by atoms with van der Waals surface area (Å²) >= 11 is 14.7. The van der Waals surface area contributed by atoms with Gasteiger partial charge in [0.05, 0.1) is 11.2 Å². The van der Waals surface area contributed by atoms with E-state index in [1.165, 1.54) is 56.9 Å². The van der Waals surface area contributed by atoms with Gasteiger partial charge in [0.25, 0.3) is 10.1 Å². The van der Waals surface area contributed by atoms with Crippen LogP contribution in [0.15, 0.2) is 116 Å². The van der Waals surface area contributed by atoms with Crippen LogP contribution in [0, 0.1) is 0 Å². The number of nitrogens with zero attached hydrogens (tertiary/aromatic N) is 2. The Bertz CT molecular complexity index is 2490. The maximum Gasteiger partial charge on any atom is 0.264 e. The van der Waals surface area contributed by atoms with E-state index in [0.717, 1.165) is 68.7 Å². The number of hydrogen-bond donors (Lipinski definition) is 1. The Balaban J connectivity index is 1.25. The average molecular weight is 920 g/mol. The summed E-state index contributed by atoms with van der Waals surface area (Å²) in [5, 5.41) is 5.76. The number of anilines is 1. The van der Waals surface area contributed by atoms with Crippen molar-refractivity contribution in [3.05, 3.63) is 127 Å². The van der Waals surface area contributed by atoms with Crippen LogP contribution in [0.3, 0.4) is 0 Å². The van der Waals surface area contributed by atoms with E-state index < -0.39 is 10.1 Å². The SMILES string of the molecule is CCCCC[N+]1=C(/C=C/C2=C(Cl)C(=C/C=C3/N(CCCCS(=O)(=O)O)c4ccc5cc(Br)ccc5c4C3(C)C)/CCC2)C(C)(C)c2c1ccc1cc(Br)ccc21. The van der Waals surface area contributed by atoms with Crippen molar-refractivity contribution < 1.29 is 17.5 Å². The maximum atomic E-state index is 11.5. The summed E-state index contributed by atoms with van der Waals surface area (Å²) in [6, 6.07) is 22.0. The van der Waals surface area contributed by atoms with Gasteiger partial charge in [-0.3, -0.25) is 4.55 Å². The Labute approximate surface area is 354 Å². The van der Waals surface area contributed by atoms with Gasteiger partial charge in [0.15, 0.2) is 5.71 Å². The van der Waals surface area contributed by atoms with Crippen molar-refractivity contribution in [1.29, 1.82) is 0 Å². The van der Waals surface area contributed by atoms with Crippen molar-refractivity contribution in [2.75, 3.05) is 23.7 Å². The topological polar surface area (TPSA) is 60.6 Å². The van der Waals surface area contributed by atoms with E-state index >= 15 is 0 Å². The highest BCUT2D eigenvalue weighted by Gasteiger charge is 2.45. The number of benzene rings is 4. The molecule has 0 radical (unpaired) electrons. The van der Waals surface area contributed by atoms with Crippen LogP contribution in [0.2, 0.25) is 0 Å². The molecule has 9 heteroatoms. The molecular formula is C47H52Br2ClN2O3S+. The molecule has 0 aromatic heterocycles. The third kappa shape index (κ3) is 8.03. The van der Waals surface area contributed by atoms with Crippen molar-refractivity contribution in [3.63, 3.8) is 0 Å². The summed E-state index contributed by atoms with van der Waals surface area (Å²) in [6.45, 7) is 13.1. The molecule has 0 spiro atoms. The first-order chi connectivity index (χ1) is 26.6. The van der Waals surface area contributed by atoms with E-state index in [-0.39, 0.29) is 16.6 Å². The summed E-state index contributed by atoms with van der Waals surface area (Å²) in [7, 11) is -4.01. The Hall–Kier alpha value is -3.01. The van der Waals surface area contributed by atoms with Crippen LogP contribution in [0.1, 0.15) is 97.1 Å². The lowest BCUT2D eigenvalue weighted by Crippen LogP contribution is -2.28. The highest BCUT2D eigenvalue weighted by atomic mass is 79.9. The van der Waals surface area contributed by atoms with E-state index in [2.05, 4.69) is 161 Å². The van der Waals surface area contributed by atoms with Crippen LogP contribution in [-0.4, -0.2) is 42.1 Å². The molecule has 294 valence electrons. The molecule has 0 unspecified atom stereocenters. The number of fused-ring (bicyclic) bond motifs is 6. The highest BCUT2D eigenvalue weighted by molar-refractivity contribution is 9.10. The van der Waals surface area contributed by atoms with Crippen LogP contribution < -0.4 is 4.90 Å². The Kier molecular flexibility index (Phi) is 12.0. The Morgan fingerprint density at radius 1 is 0.821 bits per heavy atom. The summed E-state index contributed by atoms with van der Waals surface area (Å²) < 4.78 is 37.1. The standard InChI is InChI=1S/C47H51Br2ClN2O3S/c1-6-7-8-26-51-39-22-14-33-29-35(48)18-20-37(33)43(39)46(2,3)41(51)24-16-31-12-11-13-32(45(31)50)17-25-42-47(4,5)44-38-21-19-36(49)30-34(38)15-23-40(44)52(42)27-9-10-28-56(53,54)55/h14-25,29-30H,6-13,26-28H2,1-5H3/p+1. The third-order valence-corrected chi connectivity index (χ3v) is 14.3. The average Bonchev–Trinajstić information content (AvgIpc) is 3.50. The molecular weight excluding hydrogens is 868 g/mol. The van der Waals surface area contributed by atoms with Gasteiger partial charge in [-0.15, -0.1) is 0 Å². The van der Waals surface area contributed by atoms with Gasteiger partial charge < -0.3 is 4.90 Å². The fraction of sp³-hybridized carbons (Fsp3) is 0.383. The molecule has 5 nitrogen and oxygen atoms in total. The first-order valence-corrected chi connectivity index (χ1v) is 23.5. The number of halogens is 3. The van der Waals surface area contributed by atoms with E-state index in [0.29, 0.717) is 19.4 Å². The van der Waals surface area contributed by atoms with Gasteiger partial charge in [0.1, 0.15) is 6.54 Å². The van der Waals surface area contributed by atoms with Crippen molar-refractivity contribution in [3.8, 4) is 0 Å². The molecule has 1 N–H and O–H groups in total. The summed E-state index contributed by atoms with van der Waals surface area (Å²) in [5.74, 6) is -0.240. The molecule has 2 aliphatic heterocycles. The number of rotatable bonds is 12. The van der Waals surface area contributed by atoms with Gasteiger partial charge in [-0.2, -0.15) is 13.0 Å². The predicted octanol–water partition coefficient (Wildman–Crippen LogP) is 13.6. The minimum atomic E-state index is -4.01. The molecule has 0 bridgehead atoms. The van der Waals surface area contributed by atoms with Crippen molar-refractivity contribution >= 4 is 92.2 Å². The maximum absolute atomic E-state index is 11.5. The second-order valence-corrected chi connectivity index (χ2v) is 20.3. The lowest BCUT2D eigenvalue weighted by molar-refractivity contribution is -0.438. The number of hydrogen-bond acceptors (Lipinski definition) is 3. The van der Waals surface area contributed by atoms with Gasteiger partial charge in [0, 0.05) is 61.4 Å². The fourth-order valence-corrected chi connectivity index (χ4v) is 10.9. The fourth-order valence-electron chi connectivity index (χ4n) is 9.25. The van der Waals surface area contributed by atoms with E-state index in [9.17, 15) is 13.0 Å². The first kappa shape index (κ1) is 41.2. The number of allylic oxidation sites excluding steroid dienone is 8. The van der Waals surface area contributed by atoms with Crippen molar-refractivity contribution in [2.24, 2.45) is 0 Å². The quantitative estimate of drug-likeness (QED) is 0.0874. The lowest BCUT2D eigenvalue weighted by Gasteiger charge is -2.27. The second kappa shape index (κ2) is 16.3. The highest BCUT2D eigenvalue weighted by Crippen LogP contribution is 2.51. The largest absolute Gasteiger partial charge is 0.344 e. The van der Waals surface area contributed by atoms with E-state index in [1.807, 2.05) is 0 Å². The third-order valence-electron chi connectivity index (χ3n) is 12.0. The smallest absolute Gasteiger partial charge is 0.264 e. The van der Waals surface area contributed by atoms with Crippen LogP contribution in [0.5, 0.6) is 0 Å². The van der Waals surface area contributed by atoms with Gasteiger partial charge in [-0.1, -0.05) is 101 Å². The van der Waals surface area contributed by atoms with Crippen LogP contribution in [-0.2, 0) is 20.9 Å². The minimum absolute atomic E-state index is 0.190. The zero-order valence-corrected chi connectivity index (χ0v) is 37.8. The second-order valence-electron chi connectivity index (χ2n) is 16.6. The van der Waals surface area contributed by atoms with Gasteiger partial charge in [-0.25, -0.2) is 0 Å². The van der Waals surface area contributed by atoms with Gasteiger partial charge in [-0.05, 0) is 133 Å². The zero-order valence-electron chi connectivity index (χ0n) is 33.1. The minimum Gasteiger partial charge on any atom is -0.344 e. The molecule has 0 atom stereocenters. The van der Waals surface area contributed by atoms with Gasteiger partial charge in [0.2, 0.25) is 5.69 Å². The zero-order chi connectivity index (χ0) is 40.0. The molecule has 0 amide bonds. The van der Waals surface area contributed by atoms with Crippen LogP contribution in [0.25, 0.3) is 21.5 Å². The normalized spacial score (nSPS) is 19.4. The van der Waals surface area contributed by atoms with Crippen LogP contribution >= 0.6 is 43.5 Å². The Morgan fingerprint density at radius 2 is 1.50 bits per heavy atom. The molecule has 3 aliphatic rings. The number of unbranched alkanes of at least 4 members (excludes halogenated alkanes) is 3. The van der Waals surface area contributed by atoms with E-state index in [1.54, 1.807) is 0 Å². The molecule has 0 saturated carbocycles. The first-order valence-electron chi connectivity index (χ1n) is 19.9. The van der Waals surface area contributed by atoms with Crippen molar-refractivity contribution in [2.45, 2.75) is 96.8 Å². The molecule has 1 aliphatic carbocycles. The molecule has 4 aromatic rings. The molecule has 7 rings (SSSR count). The molecule has 56 heavy (non-hydrogen) atoms. The summed E-state index contributed by atoms with van der Waals surface area (Å²) in [4.78, 5) is 2.34. The monoisotopic (exact) mass is 917 g/mol. The van der Waals surface area contributed by atoms with Gasteiger partial charge >= 0.3 is 0 Å². The Morgan fingerprint density at radius 3 is 2.18 bits per heavy atom. The molecule has 0 fully saturated rings. The predicted molar refractivity (Wildman–Crippen MR) is 244 cm³/mol. The van der Waals surface area contributed by atoms with E-state index in [4.69, 9.17) is 11.6 Å². The summed E-state index contributed by atoms with van der Waals surface area (Å²) in [6.07, 6.45) is 16.4. The molecule has 0 saturated heterocycles.